The zero-order valence-corrected chi connectivity index (χ0v) is 21.8. The van der Waals surface area contributed by atoms with E-state index in [1.165, 1.54) is 31.9 Å². The maximum Gasteiger partial charge on any atom is 4.00 e. The molecule has 0 aliphatic rings. The van der Waals surface area contributed by atoms with Crippen LogP contribution in [0.3, 0.4) is 0 Å². The summed E-state index contributed by atoms with van der Waals surface area (Å²) in [6, 6.07) is 37.9. The summed E-state index contributed by atoms with van der Waals surface area (Å²) in [6.45, 7) is 4.50. The van der Waals surface area contributed by atoms with Crippen molar-refractivity contribution in [1.29, 1.82) is 0 Å². The molecule has 0 fully saturated rings. The minimum Gasteiger partial charge on any atom is -1.00 e. The summed E-state index contributed by atoms with van der Waals surface area (Å²) in [4.78, 5) is 0. The first kappa shape index (κ1) is 28.8. The van der Waals surface area contributed by atoms with Gasteiger partial charge >= 0.3 is 21.7 Å². The molecule has 0 unspecified atom stereocenters. The molecule has 0 aromatic heterocycles. The molecule has 0 nitrogen and oxygen atoms in total. The Labute approximate surface area is 214 Å². The third-order valence-electron chi connectivity index (χ3n) is 5.52. The summed E-state index contributed by atoms with van der Waals surface area (Å²) in [7, 11) is -2.32. The Bertz CT molecular complexity index is 906. The van der Waals surface area contributed by atoms with Gasteiger partial charge in [0.05, 0.1) is 0 Å². The Hall–Kier alpha value is -1.19. The fraction of sp³-hybridized carbons (Fsp3) is 0.0800. The average Bonchev–Trinajstić information content (AvgIpc) is 3.04. The molecule has 30 heavy (non-hydrogen) atoms. The Morgan fingerprint density at radius 2 is 0.867 bits per heavy atom. The van der Waals surface area contributed by atoms with E-state index in [0.29, 0.717) is 0 Å². The van der Waals surface area contributed by atoms with Crippen molar-refractivity contribution in [2.24, 2.45) is 0 Å². The van der Waals surface area contributed by atoms with Crippen molar-refractivity contribution in [3.05, 3.63) is 114 Å². The van der Waals surface area contributed by atoms with Crippen LogP contribution < -0.4 is 58.0 Å². The standard InChI is InChI=1S/C25H23Si.3ClH.Ti/c1-20-18-19-25(21(20)2)26(22-12-6-3-7-13-22,23-14-8-4-9-15-23)24-16-10-5-11-17-24;;;;/h3-19H,1-2H3;3*1H;/q-1;;;;+4/p-3. The van der Waals surface area contributed by atoms with Crippen molar-refractivity contribution in [2.75, 3.05) is 0 Å². The van der Waals surface area contributed by atoms with Gasteiger partial charge in [-0.05, 0) is 0 Å². The number of halogens is 3. The van der Waals surface area contributed by atoms with Crippen molar-refractivity contribution >= 4 is 28.8 Å². The molecular weight excluding hydrogens is 483 g/mol. The Morgan fingerprint density at radius 1 is 0.533 bits per heavy atom. The molecule has 5 heteroatoms. The molecule has 0 N–H and O–H groups in total. The molecule has 0 saturated heterocycles. The fourth-order valence-corrected chi connectivity index (χ4v) is 9.21. The quantitative estimate of drug-likeness (QED) is 0.148. The zero-order valence-electron chi connectivity index (χ0n) is 16.9. The van der Waals surface area contributed by atoms with Crippen LogP contribution in [0.25, 0.3) is 0 Å². The van der Waals surface area contributed by atoms with E-state index in [0.717, 1.165) is 0 Å². The monoisotopic (exact) mass is 504 g/mol. The van der Waals surface area contributed by atoms with Gasteiger partial charge in [0.2, 0.25) is 0 Å². The average molecular weight is 506 g/mol. The van der Waals surface area contributed by atoms with Crippen LogP contribution in [0.1, 0.15) is 11.1 Å². The molecule has 0 aliphatic carbocycles. The van der Waals surface area contributed by atoms with E-state index < -0.39 is 8.07 Å². The maximum absolute atomic E-state index is 2.36. The van der Waals surface area contributed by atoms with Gasteiger partial charge in [0.25, 0.3) is 0 Å². The van der Waals surface area contributed by atoms with Crippen LogP contribution in [0.2, 0.25) is 0 Å². The molecular formula is C25H23Cl3SiTi. The second-order valence-electron chi connectivity index (χ2n) is 6.90. The molecule has 4 rings (SSSR count). The molecule has 0 spiro atoms. The van der Waals surface area contributed by atoms with E-state index >= 15 is 0 Å². The van der Waals surface area contributed by atoms with E-state index in [1.54, 1.807) is 0 Å². The van der Waals surface area contributed by atoms with Crippen molar-refractivity contribution < 1.29 is 58.9 Å². The molecule has 0 heterocycles. The van der Waals surface area contributed by atoms with Crippen molar-refractivity contribution in [2.45, 2.75) is 13.8 Å². The third kappa shape index (κ3) is 4.99. The molecule has 0 radical (unpaired) electrons. The second kappa shape index (κ2) is 12.6. The molecule has 0 bridgehead atoms. The first-order valence-corrected chi connectivity index (χ1v) is 11.1. The van der Waals surface area contributed by atoms with Crippen LogP contribution in [0.4, 0.5) is 0 Å². The number of hydrogen-bond acceptors (Lipinski definition) is 0. The van der Waals surface area contributed by atoms with Crippen LogP contribution in [-0.4, -0.2) is 8.07 Å². The number of hydrogen-bond donors (Lipinski definition) is 0. The summed E-state index contributed by atoms with van der Waals surface area (Å²) in [6.07, 6.45) is 0. The molecule has 0 amide bonds. The van der Waals surface area contributed by atoms with Gasteiger partial charge in [-0.1, -0.05) is 120 Å². The second-order valence-corrected chi connectivity index (χ2v) is 10.7. The molecule has 4 aromatic carbocycles. The largest absolute Gasteiger partial charge is 4.00 e. The van der Waals surface area contributed by atoms with Gasteiger partial charge in [-0.25, -0.2) is 6.07 Å². The van der Waals surface area contributed by atoms with Gasteiger partial charge < -0.3 is 37.2 Å². The van der Waals surface area contributed by atoms with Crippen LogP contribution in [0, 0.1) is 13.8 Å². The first-order chi connectivity index (χ1) is 12.7. The van der Waals surface area contributed by atoms with Gasteiger partial charge in [-0.15, -0.1) is 5.19 Å². The van der Waals surface area contributed by atoms with Gasteiger partial charge in [0, 0.05) is 0 Å². The normalized spacial score (nSPS) is 9.93. The SMILES string of the molecule is Cc1cc[c-]([Si](c2ccccc2)(c2ccccc2)c2ccccc2)c1C.[Cl-].[Cl-].[Cl-].[Ti+4]. The van der Waals surface area contributed by atoms with Crippen molar-refractivity contribution in [1.82, 2.24) is 0 Å². The topological polar surface area (TPSA) is 0 Å². The Morgan fingerprint density at radius 3 is 1.13 bits per heavy atom. The first-order valence-electron chi connectivity index (χ1n) is 9.14. The number of aryl methyl sites for hydroxylation is 1. The summed E-state index contributed by atoms with van der Waals surface area (Å²) < 4.78 is 0. The predicted molar refractivity (Wildman–Crippen MR) is 115 cm³/mol. The van der Waals surface area contributed by atoms with Crippen LogP contribution in [-0.2, 0) is 21.7 Å². The summed E-state index contributed by atoms with van der Waals surface area (Å²) in [5.41, 5.74) is 2.80. The summed E-state index contributed by atoms with van der Waals surface area (Å²) in [5.74, 6) is 0. The van der Waals surface area contributed by atoms with Gasteiger partial charge in [-0.3, -0.25) is 0 Å². The predicted octanol–water partition coefficient (Wildman–Crippen LogP) is -5.59. The van der Waals surface area contributed by atoms with Gasteiger partial charge in [0.1, 0.15) is 8.07 Å². The van der Waals surface area contributed by atoms with E-state index in [2.05, 4.69) is 117 Å². The summed E-state index contributed by atoms with van der Waals surface area (Å²) in [5, 5.41) is 5.81. The van der Waals surface area contributed by atoms with Gasteiger partial charge in [0.15, 0.2) is 0 Å². The molecule has 4 aromatic rings. The minimum atomic E-state index is -2.32. The molecule has 0 saturated carbocycles. The maximum atomic E-state index is 2.36. The van der Waals surface area contributed by atoms with Crippen molar-refractivity contribution in [3.63, 3.8) is 0 Å². The van der Waals surface area contributed by atoms with E-state index in [9.17, 15) is 0 Å². The molecule has 0 aliphatic heterocycles. The van der Waals surface area contributed by atoms with Crippen molar-refractivity contribution in [3.8, 4) is 0 Å². The Kier molecular flexibility index (Phi) is 12.1. The fourth-order valence-electron chi connectivity index (χ4n) is 4.11. The van der Waals surface area contributed by atoms with Crippen LogP contribution in [0.15, 0.2) is 103 Å². The van der Waals surface area contributed by atoms with Gasteiger partial charge in [-0.2, -0.15) is 17.2 Å². The van der Waals surface area contributed by atoms with Crippen LogP contribution >= 0.6 is 0 Å². The van der Waals surface area contributed by atoms with E-state index in [-0.39, 0.29) is 58.9 Å². The Balaban J connectivity index is 0.00000210. The summed E-state index contributed by atoms with van der Waals surface area (Å²) >= 11 is 0. The molecule has 0 atom stereocenters. The molecule has 152 valence electrons. The third-order valence-corrected chi connectivity index (χ3v) is 10.5. The minimum absolute atomic E-state index is 0. The van der Waals surface area contributed by atoms with Crippen LogP contribution in [0.5, 0.6) is 0 Å². The number of rotatable bonds is 4. The number of benzene rings is 3. The van der Waals surface area contributed by atoms with E-state index in [1.807, 2.05) is 0 Å². The van der Waals surface area contributed by atoms with E-state index in [4.69, 9.17) is 0 Å². The zero-order chi connectivity index (χ0) is 18.0. The smallest absolute Gasteiger partial charge is 1.00 e.